The van der Waals surface area contributed by atoms with E-state index in [1.807, 2.05) is 6.92 Å². The summed E-state index contributed by atoms with van der Waals surface area (Å²) in [5.74, 6) is 2.71. The lowest BCUT2D eigenvalue weighted by Gasteiger charge is -2.22. The van der Waals surface area contributed by atoms with Crippen LogP contribution in [0.4, 0.5) is 11.6 Å². The van der Waals surface area contributed by atoms with E-state index in [9.17, 15) is 0 Å². The normalized spacial score (nSPS) is 10.5. The average Bonchev–Trinajstić information content (AvgIpc) is 2.45. The first kappa shape index (κ1) is 15.3. The van der Waals surface area contributed by atoms with E-state index >= 15 is 0 Å². The molecule has 1 N–H and O–H groups in total. The molecule has 21 heavy (non-hydrogen) atoms. The van der Waals surface area contributed by atoms with Gasteiger partial charge in [-0.05, 0) is 33.3 Å². The van der Waals surface area contributed by atoms with Crippen LogP contribution >= 0.6 is 0 Å². The third-order valence-corrected chi connectivity index (χ3v) is 3.48. The molecule has 112 valence electrons. The monoisotopic (exact) mass is 284 g/mol. The van der Waals surface area contributed by atoms with Gasteiger partial charge in [-0.3, -0.25) is 0 Å². The van der Waals surface area contributed by atoms with Gasteiger partial charge in [0.1, 0.15) is 17.5 Å². The van der Waals surface area contributed by atoms with Gasteiger partial charge in [-0.1, -0.05) is 29.8 Å². The van der Waals surface area contributed by atoms with Crippen LogP contribution in [0.5, 0.6) is 0 Å². The fourth-order valence-corrected chi connectivity index (χ4v) is 2.37. The van der Waals surface area contributed by atoms with E-state index < -0.39 is 0 Å². The summed E-state index contributed by atoms with van der Waals surface area (Å²) in [4.78, 5) is 11.3. The fourth-order valence-electron chi connectivity index (χ4n) is 2.37. The van der Waals surface area contributed by atoms with E-state index in [0.717, 1.165) is 36.1 Å². The highest BCUT2D eigenvalue weighted by Gasteiger charge is 2.12. The summed E-state index contributed by atoms with van der Waals surface area (Å²) in [6.07, 6.45) is 0. The van der Waals surface area contributed by atoms with Gasteiger partial charge < -0.3 is 10.2 Å². The molecule has 0 unspecified atom stereocenters. The van der Waals surface area contributed by atoms with Gasteiger partial charge in [0, 0.05) is 25.7 Å². The summed E-state index contributed by atoms with van der Waals surface area (Å²) in [5, 5.41) is 3.31. The van der Waals surface area contributed by atoms with Crippen LogP contribution in [0.15, 0.2) is 24.3 Å². The standard InChI is InChI=1S/C17H24N4/c1-6-18-16-13(3)17(20-14(4)19-16)21(5)11-15-9-7-12(2)8-10-15/h7-10H,6,11H2,1-5H3,(H,18,19,20). The number of aryl methyl sites for hydroxylation is 2. The molecule has 0 amide bonds. The van der Waals surface area contributed by atoms with Crippen LogP contribution in [0.1, 0.15) is 29.4 Å². The van der Waals surface area contributed by atoms with Crippen molar-refractivity contribution >= 4 is 11.6 Å². The number of benzene rings is 1. The van der Waals surface area contributed by atoms with Crippen molar-refractivity contribution in [1.29, 1.82) is 0 Å². The summed E-state index contributed by atoms with van der Waals surface area (Å²) in [5.41, 5.74) is 3.66. The molecule has 0 saturated carbocycles. The number of rotatable bonds is 5. The Morgan fingerprint density at radius 2 is 1.71 bits per heavy atom. The number of hydrogen-bond acceptors (Lipinski definition) is 4. The molecular weight excluding hydrogens is 260 g/mol. The SMILES string of the molecule is CCNc1nc(C)nc(N(C)Cc2ccc(C)cc2)c1C. The zero-order valence-electron chi connectivity index (χ0n) is 13.6. The predicted molar refractivity (Wildman–Crippen MR) is 89.0 cm³/mol. The summed E-state index contributed by atoms with van der Waals surface area (Å²) < 4.78 is 0. The Morgan fingerprint density at radius 1 is 1.05 bits per heavy atom. The molecule has 4 heteroatoms. The van der Waals surface area contributed by atoms with Gasteiger partial charge in [0.2, 0.25) is 0 Å². The topological polar surface area (TPSA) is 41.1 Å². The van der Waals surface area contributed by atoms with Crippen molar-refractivity contribution in [3.05, 3.63) is 46.8 Å². The molecule has 0 radical (unpaired) electrons. The molecule has 0 aliphatic rings. The van der Waals surface area contributed by atoms with Gasteiger partial charge in [-0.15, -0.1) is 0 Å². The van der Waals surface area contributed by atoms with E-state index in [1.165, 1.54) is 11.1 Å². The number of nitrogens with one attached hydrogen (secondary N) is 1. The second-order valence-electron chi connectivity index (χ2n) is 5.44. The number of hydrogen-bond donors (Lipinski definition) is 1. The molecule has 4 nitrogen and oxygen atoms in total. The second-order valence-corrected chi connectivity index (χ2v) is 5.44. The first-order valence-corrected chi connectivity index (χ1v) is 7.37. The molecule has 2 aromatic rings. The van der Waals surface area contributed by atoms with E-state index in [1.54, 1.807) is 0 Å². The third kappa shape index (κ3) is 3.72. The highest BCUT2D eigenvalue weighted by atomic mass is 15.2. The maximum absolute atomic E-state index is 4.60. The number of anilines is 2. The van der Waals surface area contributed by atoms with E-state index in [4.69, 9.17) is 0 Å². The minimum absolute atomic E-state index is 0.794. The Hall–Kier alpha value is -2.10. The minimum Gasteiger partial charge on any atom is -0.370 e. The number of aromatic nitrogens is 2. The van der Waals surface area contributed by atoms with Crippen molar-refractivity contribution in [3.8, 4) is 0 Å². The quantitative estimate of drug-likeness (QED) is 0.912. The van der Waals surface area contributed by atoms with Crippen molar-refractivity contribution in [2.24, 2.45) is 0 Å². The van der Waals surface area contributed by atoms with Crippen LogP contribution in [0.2, 0.25) is 0 Å². The smallest absolute Gasteiger partial charge is 0.137 e. The first-order valence-electron chi connectivity index (χ1n) is 7.37. The highest BCUT2D eigenvalue weighted by molar-refractivity contribution is 5.58. The van der Waals surface area contributed by atoms with Crippen molar-refractivity contribution in [1.82, 2.24) is 9.97 Å². The predicted octanol–water partition coefficient (Wildman–Crippen LogP) is 3.47. The summed E-state index contributed by atoms with van der Waals surface area (Å²) in [7, 11) is 2.07. The van der Waals surface area contributed by atoms with Crippen LogP contribution < -0.4 is 10.2 Å². The molecule has 2 rings (SSSR count). The molecule has 0 saturated heterocycles. The molecule has 0 spiro atoms. The summed E-state index contributed by atoms with van der Waals surface area (Å²) >= 11 is 0. The molecule has 1 aromatic carbocycles. The Balaban J connectivity index is 2.25. The Labute approximate surface area is 127 Å². The van der Waals surface area contributed by atoms with Gasteiger partial charge >= 0.3 is 0 Å². The summed E-state index contributed by atoms with van der Waals surface area (Å²) in [6.45, 7) is 9.88. The molecule has 0 atom stereocenters. The Kier molecular flexibility index (Phi) is 4.78. The van der Waals surface area contributed by atoms with E-state index in [-0.39, 0.29) is 0 Å². The van der Waals surface area contributed by atoms with E-state index in [2.05, 4.69) is 72.3 Å². The average molecular weight is 284 g/mol. The molecule has 0 aliphatic carbocycles. The van der Waals surface area contributed by atoms with Crippen molar-refractivity contribution in [2.45, 2.75) is 34.2 Å². The van der Waals surface area contributed by atoms with Crippen molar-refractivity contribution in [2.75, 3.05) is 23.8 Å². The van der Waals surface area contributed by atoms with Gasteiger partial charge in [-0.25, -0.2) is 9.97 Å². The lowest BCUT2D eigenvalue weighted by Crippen LogP contribution is -2.20. The Bertz CT molecular complexity index is 605. The fraction of sp³-hybridized carbons (Fsp3) is 0.412. The lowest BCUT2D eigenvalue weighted by molar-refractivity contribution is 0.869. The first-order chi connectivity index (χ1) is 10.0. The molecule has 0 fully saturated rings. The lowest BCUT2D eigenvalue weighted by atomic mass is 10.1. The minimum atomic E-state index is 0.794. The van der Waals surface area contributed by atoms with Crippen LogP contribution in [0, 0.1) is 20.8 Å². The maximum atomic E-state index is 4.60. The van der Waals surface area contributed by atoms with Gasteiger partial charge in [0.05, 0.1) is 0 Å². The molecular formula is C17H24N4. The highest BCUT2D eigenvalue weighted by Crippen LogP contribution is 2.23. The molecule has 0 bridgehead atoms. The van der Waals surface area contributed by atoms with Crippen LogP contribution in [-0.4, -0.2) is 23.6 Å². The molecule has 1 aromatic heterocycles. The van der Waals surface area contributed by atoms with Crippen molar-refractivity contribution < 1.29 is 0 Å². The maximum Gasteiger partial charge on any atom is 0.137 e. The third-order valence-electron chi connectivity index (χ3n) is 3.48. The largest absolute Gasteiger partial charge is 0.370 e. The Morgan fingerprint density at radius 3 is 2.33 bits per heavy atom. The molecule has 0 aliphatic heterocycles. The van der Waals surface area contributed by atoms with Crippen molar-refractivity contribution in [3.63, 3.8) is 0 Å². The van der Waals surface area contributed by atoms with Gasteiger partial charge in [0.15, 0.2) is 0 Å². The van der Waals surface area contributed by atoms with Gasteiger partial charge in [0.25, 0.3) is 0 Å². The van der Waals surface area contributed by atoms with Gasteiger partial charge in [-0.2, -0.15) is 0 Å². The zero-order chi connectivity index (χ0) is 15.4. The summed E-state index contributed by atoms with van der Waals surface area (Å²) in [6, 6.07) is 8.62. The van der Waals surface area contributed by atoms with Crippen LogP contribution in [0.25, 0.3) is 0 Å². The van der Waals surface area contributed by atoms with Crippen LogP contribution in [-0.2, 0) is 6.54 Å². The zero-order valence-corrected chi connectivity index (χ0v) is 13.6. The second kappa shape index (κ2) is 6.57. The number of nitrogens with zero attached hydrogens (tertiary/aromatic N) is 3. The van der Waals surface area contributed by atoms with Crippen LogP contribution in [0.3, 0.4) is 0 Å². The van der Waals surface area contributed by atoms with E-state index in [0.29, 0.717) is 0 Å². The molecule has 1 heterocycles.